The lowest BCUT2D eigenvalue weighted by atomic mass is 10.1. The molecule has 0 aromatic rings. The van der Waals surface area contributed by atoms with Crippen molar-refractivity contribution >= 4 is 5.91 Å². The third-order valence-corrected chi connectivity index (χ3v) is 2.33. The molecular weight excluding hydrogens is 192 g/mol. The monoisotopic (exact) mass is 216 g/mol. The zero-order valence-corrected chi connectivity index (χ0v) is 9.76. The van der Waals surface area contributed by atoms with Crippen molar-refractivity contribution in [3.05, 3.63) is 5.21 Å². The summed E-state index contributed by atoms with van der Waals surface area (Å²) in [6.07, 6.45) is 7.25. The molecule has 15 heavy (non-hydrogen) atoms. The summed E-state index contributed by atoms with van der Waals surface area (Å²) in [5.74, 6) is 0.123. The fraction of sp³-hybridized carbons (Fsp3) is 0.909. The van der Waals surface area contributed by atoms with Crippen molar-refractivity contribution in [2.24, 2.45) is 0 Å². The second-order valence-electron chi connectivity index (χ2n) is 3.82. The second-order valence-corrected chi connectivity index (χ2v) is 3.82. The molecule has 0 bridgehead atoms. The lowest BCUT2D eigenvalue weighted by Crippen LogP contribution is -2.77. The third kappa shape index (κ3) is 11.3. The van der Waals surface area contributed by atoms with Crippen LogP contribution in [0.4, 0.5) is 0 Å². The molecule has 0 saturated carbocycles. The van der Waals surface area contributed by atoms with Crippen LogP contribution in [0.3, 0.4) is 0 Å². The maximum atomic E-state index is 11.2. The molecule has 4 heteroatoms. The highest BCUT2D eigenvalue weighted by atomic mass is 16.5. The maximum Gasteiger partial charge on any atom is 0.219 e. The topological polar surface area (TPSA) is 68.8 Å². The average molecular weight is 216 g/mol. The zero-order valence-electron chi connectivity index (χ0n) is 9.76. The minimum atomic E-state index is 0.123. The number of carbonyl (C=O) groups excluding carboxylic acids is 1. The van der Waals surface area contributed by atoms with Crippen molar-refractivity contribution in [3.63, 3.8) is 0 Å². The van der Waals surface area contributed by atoms with Gasteiger partial charge in [0.05, 0.1) is 6.54 Å². The van der Waals surface area contributed by atoms with Crippen molar-refractivity contribution in [1.29, 1.82) is 0 Å². The zero-order chi connectivity index (χ0) is 11.4. The van der Waals surface area contributed by atoms with E-state index < -0.39 is 0 Å². The lowest BCUT2D eigenvalue weighted by molar-refractivity contribution is -0.588. The number of rotatable bonds is 10. The van der Waals surface area contributed by atoms with Gasteiger partial charge in [0.25, 0.3) is 0 Å². The number of nitrogens with two attached hydrogens (primary N) is 1. The molecule has 0 heterocycles. The van der Waals surface area contributed by atoms with E-state index in [0.29, 0.717) is 19.5 Å². The van der Waals surface area contributed by atoms with Gasteiger partial charge in [-0.3, -0.25) is 4.79 Å². The summed E-state index contributed by atoms with van der Waals surface area (Å²) in [5.41, 5.74) is 0.886. The number of hydrogen-bond acceptors (Lipinski definition) is 2. The quantitative estimate of drug-likeness (QED) is 0.421. The van der Waals surface area contributed by atoms with Gasteiger partial charge in [0.1, 0.15) is 0 Å². The molecule has 4 nitrogen and oxygen atoms in total. The SMILES string of the molecule is CCCCCCCC(=O)NCCC[NH2+][O-]. The smallest absolute Gasteiger partial charge is 0.219 e. The number of hydroxylamine groups is 1. The number of hydrogen-bond donors (Lipinski definition) is 2. The maximum absolute atomic E-state index is 11.2. The summed E-state index contributed by atoms with van der Waals surface area (Å²) in [6.45, 7) is 3.35. The molecule has 0 radical (unpaired) electrons. The van der Waals surface area contributed by atoms with Crippen LogP contribution >= 0.6 is 0 Å². The summed E-state index contributed by atoms with van der Waals surface area (Å²) in [4.78, 5) is 11.2. The molecule has 0 unspecified atom stereocenters. The summed E-state index contributed by atoms with van der Waals surface area (Å²) in [7, 11) is 0. The number of carbonyl (C=O) groups is 1. The molecule has 0 aliphatic heterocycles. The van der Waals surface area contributed by atoms with Gasteiger partial charge in [-0.25, -0.2) is 0 Å². The Morgan fingerprint density at radius 2 is 1.93 bits per heavy atom. The molecular formula is C11H24N2O2. The van der Waals surface area contributed by atoms with Crippen LogP contribution in [-0.4, -0.2) is 19.0 Å². The summed E-state index contributed by atoms with van der Waals surface area (Å²) >= 11 is 0. The van der Waals surface area contributed by atoms with Gasteiger partial charge in [0.2, 0.25) is 5.91 Å². The van der Waals surface area contributed by atoms with Crippen LogP contribution in [0, 0.1) is 5.21 Å². The van der Waals surface area contributed by atoms with Gasteiger partial charge in [-0.1, -0.05) is 32.6 Å². The molecule has 0 aliphatic rings. The summed E-state index contributed by atoms with van der Waals surface area (Å²) in [5, 5.41) is 12.8. The van der Waals surface area contributed by atoms with Crippen LogP contribution in [-0.2, 0) is 4.79 Å². The van der Waals surface area contributed by atoms with Gasteiger partial charge in [0.15, 0.2) is 0 Å². The first-order chi connectivity index (χ1) is 7.31. The lowest BCUT2D eigenvalue weighted by Gasteiger charge is -2.05. The molecule has 0 aliphatic carbocycles. The van der Waals surface area contributed by atoms with E-state index >= 15 is 0 Å². The van der Waals surface area contributed by atoms with E-state index in [1.54, 1.807) is 0 Å². The molecule has 0 rings (SSSR count). The van der Waals surface area contributed by atoms with E-state index in [9.17, 15) is 10.0 Å². The average Bonchev–Trinajstić information content (AvgIpc) is 2.24. The molecule has 0 aromatic carbocycles. The van der Waals surface area contributed by atoms with Gasteiger partial charge in [-0.2, -0.15) is 0 Å². The Bertz CT molecular complexity index is 152. The van der Waals surface area contributed by atoms with Crippen LogP contribution < -0.4 is 10.8 Å². The largest absolute Gasteiger partial charge is 0.636 e. The number of unbranched alkanes of at least 4 members (excludes halogenated alkanes) is 4. The van der Waals surface area contributed by atoms with E-state index in [4.69, 9.17) is 0 Å². The molecule has 0 aromatic heterocycles. The molecule has 3 N–H and O–H groups in total. The number of quaternary nitrogens is 1. The second kappa shape index (κ2) is 11.5. The highest BCUT2D eigenvalue weighted by Crippen LogP contribution is 2.04. The fourth-order valence-corrected chi connectivity index (χ4v) is 1.39. The van der Waals surface area contributed by atoms with Crippen molar-refractivity contribution in [2.45, 2.75) is 51.9 Å². The van der Waals surface area contributed by atoms with Crippen molar-refractivity contribution in [2.75, 3.05) is 13.1 Å². The molecule has 0 spiro atoms. The van der Waals surface area contributed by atoms with Crippen molar-refractivity contribution in [3.8, 4) is 0 Å². The Kier molecular flexibility index (Phi) is 11.0. The molecule has 1 amide bonds. The highest BCUT2D eigenvalue weighted by Gasteiger charge is 1.99. The third-order valence-electron chi connectivity index (χ3n) is 2.33. The summed E-state index contributed by atoms with van der Waals surface area (Å²) in [6, 6.07) is 0. The van der Waals surface area contributed by atoms with Gasteiger partial charge < -0.3 is 16.0 Å². The first kappa shape index (κ1) is 14.4. The Hall–Kier alpha value is -0.610. The number of nitrogens with one attached hydrogen (secondary N) is 1. The minimum absolute atomic E-state index is 0.123. The highest BCUT2D eigenvalue weighted by molar-refractivity contribution is 5.75. The van der Waals surface area contributed by atoms with Crippen LogP contribution in [0.25, 0.3) is 0 Å². The van der Waals surface area contributed by atoms with Crippen LogP contribution in [0.2, 0.25) is 0 Å². The van der Waals surface area contributed by atoms with Gasteiger partial charge in [-0.05, 0) is 6.42 Å². The van der Waals surface area contributed by atoms with Crippen molar-refractivity contribution in [1.82, 2.24) is 5.32 Å². The number of amides is 1. The predicted octanol–water partition coefficient (Wildman–Crippen LogP) is 0.914. The minimum Gasteiger partial charge on any atom is -0.636 e. The van der Waals surface area contributed by atoms with E-state index in [2.05, 4.69) is 12.2 Å². The first-order valence-electron chi connectivity index (χ1n) is 6.01. The first-order valence-corrected chi connectivity index (χ1v) is 6.01. The summed E-state index contributed by atoms with van der Waals surface area (Å²) < 4.78 is 0. The normalized spacial score (nSPS) is 10.3. The fourth-order valence-electron chi connectivity index (χ4n) is 1.39. The Morgan fingerprint density at radius 1 is 1.20 bits per heavy atom. The standard InChI is InChI=1S/C11H24N2O2/c1-2-3-4-5-6-8-11(14)12-9-7-10-13-15/h2-10,13H2,1H3,(H,12,14). The molecule has 0 atom stereocenters. The molecule has 0 saturated heterocycles. The van der Waals surface area contributed by atoms with Crippen LogP contribution in [0.5, 0.6) is 0 Å². The molecule has 90 valence electrons. The van der Waals surface area contributed by atoms with Crippen molar-refractivity contribution < 1.29 is 10.3 Å². The van der Waals surface area contributed by atoms with Gasteiger partial charge in [0, 0.05) is 19.4 Å². The van der Waals surface area contributed by atoms with E-state index in [1.807, 2.05) is 0 Å². The van der Waals surface area contributed by atoms with E-state index in [0.717, 1.165) is 24.7 Å². The Labute approximate surface area is 92.4 Å². The van der Waals surface area contributed by atoms with E-state index in [1.165, 1.54) is 19.3 Å². The predicted molar refractivity (Wildman–Crippen MR) is 61.2 cm³/mol. The van der Waals surface area contributed by atoms with E-state index in [-0.39, 0.29) is 5.91 Å². The van der Waals surface area contributed by atoms with Crippen LogP contribution in [0.1, 0.15) is 51.9 Å². The molecule has 0 fully saturated rings. The van der Waals surface area contributed by atoms with Gasteiger partial charge in [-0.15, -0.1) is 0 Å². The van der Waals surface area contributed by atoms with Crippen LogP contribution in [0.15, 0.2) is 0 Å². The van der Waals surface area contributed by atoms with Gasteiger partial charge >= 0.3 is 0 Å². The Morgan fingerprint density at radius 3 is 2.60 bits per heavy atom. The Balaban J connectivity index is 3.11.